The first-order valence-corrected chi connectivity index (χ1v) is 8.76. The highest BCUT2D eigenvalue weighted by Crippen LogP contribution is 2.24. The summed E-state index contributed by atoms with van der Waals surface area (Å²) in [5.41, 5.74) is 4.76. The van der Waals surface area contributed by atoms with Crippen LogP contribution in [-0.4, -0.2) is 42.3 Å². The quantitative estimate of drug-likeness (QED) is 0.764. The van der Waals surface area contributed by atoms with Crippen molar-refractivity contribution >= 4 is 6.09 Å². The van der Waals surface area contributed by atoms with Gasteiger partial charge in [-0.15, -0.1) is 0 Å². The molecule has 5 heteroatoms. The average Bonchev–Trinajstić information content (AvgIpc) is 2.61. The van der Waals surface area contributed by atoms with Gasteiger partial charge in [-0.05, 0) is 55.5 Å². The van der Waals surface area contributed by atoms with Crippen LogP contribution in [0.15, 0.2) is 42.7 Å². The average molecular weight is 356 g/mol. The smallest absolute Gasteiger partial charge is 0.409 e. The highest BCUT2D eigenvalue weighted by Gasteiger charge is 2.16. The molecule has 0 saturated carbocycles. The molecule has 3 rings (SSSR count). The summed E-state index contributed by atoms with van der Waals surface area (Å²) in [6, 6.07) is 10.6. The summed E-state index contributed by atoms with van der Waals surface area (Å²) in [5.74, 6) is 0. The Morgan fingerprint density at radius 1 is 1.15 bits per heavy atom. The predicted octanol–water partition coefficient (Wildman–Crippen LogP) is 4.30. The number of carbonyl (C=O) groups excluding carboxylic acids is 1. The van der Waals surface area contributed by atoms with Crippen LogP contribution in [-0.2, 0) is 22.5 Å². The zero-order valence-corrected chi connectivity index (χ0v) is 16.3. The molecule has 0 N–H and O–H groups in total. The van der Waals surface area contributed by atoms with Crippen LogP contribution in [0.2, 0.25) is 0 Å². The van der Waals surface area contributed by atoms with Crippen molar-refractivity contribution in [3.05, 3.63) is 53.9 Å². The monoisotopic (exact) mass is 356 g/mol. The molecule has 1 aliphatic rings. The first-order valence-electron chi connectivity index (χ1n) is 8.76. The number of amides is 1. The van der Waals surface area contributed by atoms with Crippen LogP contribution in [0.4, 0.5) is 4.79 Å². The number of aromatic nitrogens is 1. The van der Waals surface area contributed by atoms with E-state index in [1.165, 1.54) is 27.2 Å². The van der Waals surface area contributed by atoms with Gasteiger partial charge in [-0.25, -0.2) is 4.79 Å². The molecule has 0 saturated heterocycles. The Bertz CT molecular complexity index is 722. The second-order valence-electron chi connectivity index (χ2n) is 7.40. The van der Waals surface area contributed by atoms with Gasteiger partial charge in [-0.1, -0.05) is 24.3 Å². The maximum absolute atomic E-state index is 10.9. The molecule has 2 aromatic rings. The van der Waals surface area contributed by atoms with Crippen LogP contribution < -0.4 is 0 Å². The van der Waals surface area contributed by atoms with Gasteiger partial charge in [0.1, 0.15) is 5.60 Å². The van der Waals surface area contributed by atoms with Crippen LogP contribution in [0.3, 0.4) is 0 Å². The number of hydrogen-bond donors (Lipinski definition) is 0. The highest BCUT2D eigenvalue weighted by atomic mass is 16.6. The van der Waals surface area contributed by atoms with Gasteiger partial charge in [0.15, 0.2) is 0 Å². The number of benzene rings is 1. The summed E-state index contributed by atoms with van der Waals surface area (Å²) in [4.78, 5) is 16.4. The number of ether oxygens (including phenoxy) is 2. The van der Waals surface area contributed by atoms with Gasteiger partial charge < -0.3 is 14.4 Å². The van der Waals surface area contributed by atoms with Crippen LogP contribution in [0.25, 0.3) is 11.1 Å². The predicted molar refractivity (Wildman–Crippen MR) is 103 cm³/mol. The molecular formula is C21H28N2O3. The van der Waals surface area contributed by atoms with Gasteiger partial charge in [0.2, 0.25) is 0 Å². The van der Waals surface area contributed by atoms with Crippen LogP contribution in [0, 0.1) is 0 Å². The first-order chi connectivity index (χ1) is 12.3. The van der Waals surface area contributed by atoms with E-state index in [1.807, 2.05) is 33.0 Å². The number of hydrogen-bond acceptors (Lipinski definition) is 4. The second kappa shape index (κ2) is 8.81. The van der Waals surface area contributed by atoms with Gasteiger partial charge >= 0.3 is 6.09 Å². The minimum Gasteiger partial charge on any atom is -0.444 e. The van der Waals surface area contributed by atoms with Crippen molar-refractivity contribution in [1.82, 2.24) is 9.88 Å². The normalized spacial score (nSPS) is 13.1. The Morgan fingerprint density at radius 3 is 2.50 bits per heavy atom. The van der Waals surface area contributed by atoms with E-state index in [9.17, 15) is 4.79 Å². The minimum absolute atomic E-state index is 0.299. The number of pyridine rings is 1. The summed E-state index contributed by atoms with van der Waals surface area (Å²) in [7, 11) is 3.32. The summed E-state index contributed by atoms with van der Waals surface area (Å²) >= 11 is 0. The Balaban J connectivity index is 0.000000213. The number of rotatable bonds is 1. The topological polar surface area (TPSA) is 51.7 Å². The Kier molecular flexibility index (Phi) is 6.75. The third-order valence-electron chi connectivity index (χ3n) is 3.73. The molecule has 5 nitrogen and oxygen atoms in total. The Hall–Kier alpha value is -2.40. The summed E-state index contributed by atoms with van der Waals surface area (Å²) in [5, 5.41) is 0. The lowest BCUT2D eigenvalue weighted by Crippen LogP contribution is -2.31. The summed E-state index contributed by atoms with van der Waals surface area (Å²) in [6.45, 7) is 7.11. The summed E-state index contributed by atoms with van der Waals surface area (Å²) in [6.07, 6.45) is 4.42. The Labute approximate surface area is 156 Å². The maximum atomic E-state index is 10.9. The fourth-order valence-electron chi connectivity index (χ4n) is 2.43. The van der Waals surface area contributed by atoms with Gasteiger partial charge in [0, 0.05) is 26.5 Å². The lowest BCUT2D eigenvalue weighted by atomic mass is 9.97. The van der Waals surface area contributed by atoms with E-state index in [0.717, 1.165) is 19.6 Å². The van der Waals surface area contributed by atoms with Crippen LogP contribution >= 0.6 is 0 Å². The SMILES string of the molecule is CN(C)C(=O)OC(C)(C)C.c1cncc(-c2ccc3c(c2)CCOC3)c1. The Morgan fingerprint density at radius 2 is 1.92 bits per heavy atom. The van der Waals surface area contributed by atoms with Crippen molar-refractivity contribution in [3.8, 4) is 11.1 Å². The fraction of sp³-hybridized carbons (Fsp3) is 0.429. The molecule has 0 aliphatic carbocycles. The molecule has 1 amide bonds. The van der Waals surface area contributed by atoms with Crippen molar-refractivity contribution in [3.63, 3.8) is 0 Å². The molecule has 1 aliphatic heterocycles. The van der Waals surface area contributed by atoms with Gasteiger partial charge in [-0.3, -0.25) is 4.98 Å². The van der Waals surface area contributed by atoms with Gasteiger partial charge in [0.05, 0.1) is 13.2 Å². The van der Waals surface area contributed by atoms with Crippen LogP contribution in [0.5, 0.6) is 0 Å². The molecule has 1 aromatic carbocycles. The van der Waals surface area contributed by atoms with Crippen molar-refractivity contribution in [2.75, 3.05) is 20.7 Å². The number of fused-ring (bicyclic) bond motifs is 1. The van der Waals surface area contributed by atoms with Gasteiger partial charge in [0.25, 0.3) is 0 Å². The fourth-order valence-corrected chi connectivity index (χ4v) is 2.43. The van der Waals surface area contributed by atoms with E-state index in [1.54, 1.807) is 20.3 Å². The third-order valence-corrected chi connectivity index (χ3v) is 3.73. The lowest BCUT2D eigenvalue weighted by molar-refractivity contribution is 0.0341. The molecule has 26 heavy (non-hydrogen) atoms. The zero-order chi connectivity index (χ0) is 19.2. The lowest BCUT2D eigenvalue weighted by Gasteiger charge is -2.22. The molecule has 0 unspecified atom stereocenters. The standard InChI is InChI=1S/C14H13NO.C7H15NO2/c1-2-13(9-15-6-1)11-3-4-14-10-16-7-5-12(14)8-11;1-7(2,3)10-6(9)8(4)5/h1-4,6,8-9H,5,7,10H2;1-5H3. The van der Waals surface area contributed by atoms with E-state index in [2.05, 4.69) is 29.2 Å². The van der Waals surface area contributed by atoms with Crippen molar-refractivity contribution in [2.24, 2.45) is 0 Å². The molecule has 0 atom stereocenters. The molecule has 0 spiro atoms. The van der Waals surface area contributed by atoms with E-state index in [-0.39, 0.29) is 11.7 Å². The first kappa shape index (κ1) is 19.9. The van der Waals surface area contributed by atoms with E-state index in [0.29, 0.717) is 0 Å². The van der Waals surface area contributed by atoms with Gasteiger partial charge in [-0.2, -0.15) is 0 Å². The second-order valence-corrected chi connectivity index (χ2v) is 7.40. The molecule has 0 bridgehead atoms. The maximum Gasteiger partial charge on any atom is 0.409 e. The summed E-state index contributed by atoms with van der Waals surface area (Å²) < 4.78 is 10.4. The van der Waals surface area contributed by atoms with Crippen molar-refractivity contribution in [2.45, 2.75) is 39.4 Å². The van der Waals surface area contributed by atoms with Crippen LogP contribution in [0.1, 0.15) is 31.9 Å². The van der Waals surface area contributed by atoms with E-state index >= 15 is 0 Å². The molecule has 140 valence electrons. The number of nitrogens with zero attached hydrogens (tertiary/aromatic N) is 2. The third kappa shape index (κ3) is 6.15. The van der Waals surface area contributed by atoms with Crippen molar-refractivity contribution in [1.29, 1.82) is 0 Å². The van der Waals surface area contributed by atoms with Crippen molar-refractivity contribution < 1.29 is 14.3 Å². The zero-order valence-electron chi connectivity index (χ0n) is 16.3. The van der Waals surface area contributed by atoms with E-state index in [4.69, 9.17) is 9.47 Å². The largest absolute Gasteiger partial charge is 0.444 e. The molecular weight excluding hydrogens is 328 g/mol. The number of carbonyl (C=O) groups is 1. The highest BCUT2D eigenvalue weighted by molar-refractivity contribution is 5.67. The van der Waals surface area contributed by atoms with E-state index < -0.39 is 0 Å². The molecule has 1 aromatic heterocycles. The molecule has 0 radical (unpaired) electrons. The minimum atomic E-state index is -0.388. The molecule has 2 heterocycles. The molecule has 0 fully saturated rings.